The SMILES string of the molecule is Cl.Cn1cc([C@H]2CNC[C@@H]2C(=O)Nc2ccccc2CCC(F)(F)F)cn1. The molecule has 1 aromatic carbocycles. The highest BCUT2D eigenvalue weighted by molar-refractivity contribution is 5.94. The van der Waals surface area contributed by atoms with Gasteiger partial charge in [0.2, 0.25) is 5.91 Å². The van der Waals surface area contributed by atoms with E-state index in [0.29, 0.717) is 24.3 Å². The van der Waals surface area contributed by atoms with E-state index in [1.54, 1.807) is 35.1 Å². The molecule has 0 unspecified atom stereocenters. The number of hydrogen-bond acceptors (Lipinski definition) is 3. The van der Waals surface area contributed by atoms with Crippen LogP contribution >= 0.6 is 12.4 Å². The van der Waals surface area contributed by atoms with Gasteiger partial charge in [-0.3, -0.25) is 9.48 Å². The summed E-state index contributed by atoms with van der Waals surface area (Å²) >= 11 is 0. The van der Waals surface area contributed by atoms with Crippen LogP contribution in [0.25, 0.3) is 0 Å². The smallest absolute Gasteiger partial charge is 0.326 e. The van der Waals surface area contributed by atoms with Gasteiger partial charge in [0.05, 0.1) is 12.1 Å². The van der Waals surface area contributed by atoms with E-state index in [1.807, 2.05) is 13.2 Å². The van der Waals surface area contributed by atoms with Crippen LogP contribution in [0.15, 0.2) is 36.7 Å². The molecule has 1 aliphatic heterocycles. The Morgan fingerprint density at radius 1 is 1.33 bits per heavy atom. The zero-order valence-electron chi connectivity index (χ0n) is 14.8. The summed E-state index contributed by atoms with van der Waals surface area (Å²) in [5, 5.41) is 10.2. The van der Waals surface area contributed by atoms with Crippen molar-refractivity contribution >= 4 is 24.0 Å². The molecule has 2 atom stereocenters. The number of nitrogens with zero attached hydrogens (tertiary/aromatic N) is 2. The molecule has 1 fully saturated rings. The number of nitrogens with one attached hydrogen (secondary N) is 2. The first-order valence-corrected chi connectivity index (χ1v) is 8.48. The first-order chi connectivity index (χ1) is 12.3. The third kappa shape index (κ3) is 5.46. The first kappa shape index (κ1) is 21.2. The summed E-state index contributed by atoms with van der Waals surface area (Å²) in [5.74, 6) is -0.496. The molecule has 1 aliphatic rings. The van der Waals surface area contributed by atoms with Crippen LogP contribution in [-0.2, 0) is 18.3 Å². The van der Waals surface area contributed by atoms with Gasteiger partial charge >= 0.3 is 6.18 Å². The number of carbonyl (C=O) groups excluding carboxylic acids is 1. The highest BCUT2D eigenvalue weighted by Gasteiger charge is 2.35. The van der Waals surface area contributed by atoms with Crippen molar-refractivity contribution in [1.82, 2.24) is 15.1 Å². The van der Waals surface area contributed by atoms with Crippen LogP contribution in [0.4, 0.5) is 18.9 Å². The minimum Gasteiger partial charge on any atom is -0.326 e. The van der Waals surface area contributed by atoms with Crippen molar-refractivity contribution in [2.45, 2.75) is 24.9 Å². The van der Waals surface area contributed by atoms with Gasteiger partial charge in [0.15, 0.2) is 0 Å². The molecule has 0 radical (unpaired) electrons. The fourth-order valence-corrected chi connectivity index (χ4v) is 3.30. The van der Waals surface area contributed by atoms with Crippen LogP contribution in [0.2, 0.25) is 0 Å². The van der Waals surface area contributed by atoms with Crippen molar-refractivity contribution in [3.05, 3.63) is 47.8 Å². The average Bonchev–Trinajstić information content (AvgIpc) is 3.21. The molecule has 2 heterocycles. The van der Waals surface area contributed by atoms with Crippen molar-refractivity contribution in [1.29, 1.82) is 0 Å². The molecule has 2 aromatic rings. The molecule has 5 nitrogen and oxygen atoms in total. The number of halogens is 4. The van der Waals surface area contributed by atoms with E-state index in [1.165, 1.54) is 0 Å². The van der Waals surface area contributed by atoms with Gasteiger partial charge in [0.1, 0.15) is 0 Å². The second-order valence-corrected chi connectivity index (χ2v) is 6.58. The number of aryl methyl sites for hydroxylation is 2. The molecule has 2 N–H and O–H groups in total. The van der Waals surface area contributed by atoms with Gasteiger partial charge in [-0.2, -0.15) is 18.3 Å². The highest BCUT2D eigenvalue weighted by atomic mass is 35.5. The van der Waals surface area contributed by atoms with Crippen molar-refractivity contribution < 1.29 is 18.0 Å². The maximum Gasteiger partial charge on any atom is 0.389 e. The molecular weight excluding hydrogens is 381 g/mol. The average molecular weight is 403 g/mol. The van der Waals surface area contributed by atoms with E-state index in [-0.39, 0.29) is 36.6 Å². The Kier molecular flexibility index (Phi) is 6.89. The topological polar surface area (TPSA) is 59.0 Å². The van der Waals surface area contributed by atoms with E-state index < -0.39 is 12.6 Å². The summed E-state index contributed by atoms with van der Waals surface area (Å²) in [6, 6.07) is 6.65. The quantitative estimate of drug-likeness (QED) is 0.807. The lowest BCUT2D eigenvalue weighted by Gasteiger charge is -2.18. The van der Waals surface area contributed by atoms with Gasteiger partial charge in [-0.05, 0) is 23.6 Å². The molecule has 3 rings (SSSR count). The summed E-state index contributed by atoms with van der Waals surface area (Å²) in [7, 11) is 1.82. The maximum atomic E-state index is 12.8. The Bertz CT molecular complexity index is 778. The van der Waals surface area contributed by atoms with Crippen molar-refractivity contribution in [2.75, 3.05) is 18.4 Å². The molecule has 9 heteroatoms. The van der Waals surface area contributed by atoms with E-state index in [2.05, 4.69) is 15.7 Å². The molecule has 148 valence electrons. The van der Waals surface area contributed by atoms with Crippen LogP contribution in [0.3, 0.4) is 0 Å². The summed E-state index contributed by atoms with van der Waals surface area (Å²) in [5.41, 5.74) is 1.91. The Hall–Kier alpha value is -2.06. The number of para-hydroxylation sites is 1. The van der Waals surface area contributed by atoms with E-state index in [4.69, 9.17) is 0 Å². The lowest BCUT2D eigenvalue weighted by Crippen LogP contribution is -2.28. The second-order valence-electron chi connectivity index (χ2n) is 6.58. The lowest BCUT2D eigenvalue weighted by atomic mass is 9.90. The molecule has 1 amide bonds. The second kappa shape index (κ2) is 8.75. The number of benzene rings is 1. The zero-order valence-corrected chi connectivity index (χ0v) is 15.6. The van der Waals surface area contributed by atoms with Gasteiger partial charge in [-0.15, -0.1) is 12.4 Å². The van der Waals surface area contributed by atoms with Crippen molar-refractivity contribution in [3.8, 4) is 0 Å². The van der Waals surface area contributed by atoms with E-state index in [9.17, 15) is 18.0 Å². The van der Waals surface area contributed by atoms with Crippen molar-refractivity contribution in [3.63, 3.8) is 0 Å². The van der Waals surface area contributed by atoms with Crippen LogP contribution in [0.1, 0.15) is 23.5 Å². The molecule has 1 aromatic heterocycles. The number of amides is 1. The minimum absolute atomic E-state index is 0. The number of hydrogen-bond donors (Lipinski definition) is 2. The monoisotopic (exact) mass is 402 g/mol. The van der Waals surface area contributed by atoms with Crippen LogP contribution < -0.4 is 10.6 Å². The van der Waals surface area contributed by atoms with Crippen LogP contribution in [-0.4, -0.2) is 35.0 Å². The number of carbonyl (C=O) groups is 1. The van der Waals surface area contributed by atoms with E-state index in [0.717, 1.165) is 5.56 Å². The van der Waals surface area contributed by atoms with Gasteiger partial charge in [0.25, 0.3) is 0 Å². The van der Waals surface area contributed by atoms with Crippen LogP contribution in [0.5, 0.6) is 0 Å². The maximum absolute atomic E-state index is 12.8. The Morgan fingerprint density at radius 3 is 2.74 bits per heavy atom. The van der Waals surface area contributed by atoms with Gasteiger partial charge < -0.3 is 10.6 Å². The fraction of sp³-hybridized carbons (Fsp3) is 0.444. The molecule has 0 bridgehead atoms. The van der Waals surface area contributed by atoms with Gasteiger partial charge in [-0.25, -0.2) is 0 Å². The first-order valence-electron chi connectivity index (χ1n) is 8.48. The number of alkyl halides is 3. The normalized spacial score (nSPS) is 19.6. The lowest BCUT2D eigenvalue weighted by molar-refractivity contribution is -0.133. The third-order valence-electron chi connectivity index (χ3n) is 4.66. The number of anilines is 1. The fourth-order valence-electron chi connectivity index (χ4n) is 3.30. The predicted octanol–water partition coefficient (Wildman–Crippen LogP) is 3.28. The summed E-state index contributed by atoms with van der Waals surface area (Å²) < 4.78 is 39.2. The standard InChI is InChI=1S/C18H21F3N4O.ClH/c1-25-11-13(8-23-25)14-9-22-10-15(14)17(26)24-16-5-3-2-4-12(16)6-7-18(19,20)21;/h2-5,8,11,14-15,22H,6-7,9-10H2,1H3,(H,24,26);1H/t14-,15+;/m1./s1. The molecule has 27 heavy (non-hydrogen) atoms. The summed E-state index contributed by atoms with van der Waals surface area (Å²) in [6.07, 6.45) is -1.67. The Balaban J connectivity index is 0.00000261. The number of aromatic nitrogens is 2. The molecule has 0 aliphatic carbocycles. The van der Waals surface area contributed by atoms with Crippen LogP contribution in [0, 0.1) is 5.92 Å². The summed E-state index contributed by atoms with van der Waals surface area (Å²) in [4.78, 5) is 12.8. The molecular formula is C18H22ClF3N4O. The predicted molar refractivity (Wildman–Crippen MR) is 99.0 cm³/mol. The van der Waals surface area contributed by atoms with Gasteiger partial charge in [-0.1, -0.05) is 18.2 Å². The molecule has 0 spiro atoms. The largest absolute Gasteiger partial charge is 0.389 e. The molecule has 0 saturated carbocycles. The Morgan fingerprint density at radius 2 is 2.07 bits per heavy atom. The van der Waals surface area contributed by atoms with Crippen molar-refractivity contribution in [2.24, 2.45) is 13.0 Å². The number of rotatable bonds is 5. The third-order valence-corrected chi connectivity index (χ3v) is 4.66. The Labute approximate surface area is 161 Å². The van der Waals surface area contributed by atoms with E-state index >= 15 is 0 Å². The summed E-state index contributed by atoms with van der Waals surface area (Å²) in [6.45, 7) is 1.19. The highest BCUT2D eigenvalue weighted by Crippen LogP contribution is 2.30. The minimum atomic E-state index is -4.22. The zero-order chi connectivity index (χ0) is 18.7. The van der Waals surface area contributed by atoms with Gasteiger partial charge in [0, 0.05) is 44.4 Å². The molecule has 1 saturated heterocycles.